The minimum atomic E-state index is -0.630. The summed E-state index contributed by atoms with van der Waals surface area (Å²) < 4.78 is 5.12. The van der Waals surface area contributed by atoms with Crippen molar-refractivity contribution in [3.8, 4) is 0 Å². The van der Waals surface area contributed by atoms with E-state index in [1.54, 1.807) is 6.08 Å². The van der Waals surface area contributed by atoms with E-state index in [9.17, 15) is 9.90 Å². The lowest BCUT2D eigenvalue weighted by atomic mass is 10.1. The van der Waals surface area contributed by atoms with Crippen LogP contribution in [0.25, 0.3) is 0 Å². The number of ether oxygens (including phenoxy) is 1. The van der Waals surface area contributed by atoms with Crippen molar-refractivity contribution in [2.24, 2.45) is 0 Å². The molecule has 3 nitrogen and oxygen atoms in total. The number of aliphatic hydroxyl groups excluding tert-OH is 1. The molecule has 1 unspecified atom stereocenters. The Morgan fingerprint density at radius 2 is 2.23 bits per heavy atom. The highest BCUT2D eigenvalue weighted by Crippen LogP contribution is 2.21. The van der Waals surface area contributed by atoms with Gasteiger partial charge in [0.25, 0.3) is 0 Å². The number of hydrogen-bond acceptors (Lipinski definition) is 3. The molecule has 0 fully saturated rings. The maximum absolute atomic E-state index is 11.4. The Morgan fingerprint density at radius 3 is 2.62 bits per heavy atom. The summed E-state index contributed by atoms with van der Waals surface area (Å²) in [5.41, 5.74) is -0.0739. The molecule has 0 aromatic heterocycles. The van der Waals surface area contributed by atoms with E-state index in [0.29, 0.717) is 12.0 Å². The van der Waals surface area contributed by atoms with Crippen LogP contribution < -0.4 is 0 Å². The van der Waals surface area contributed by atoms with Gasteiger partial charge in [0, 0.05) is 0 Å². The van der Waals surface area contributed by atoms with Crippen molar-refractivity contribution >= 4 is 5.97 Å². The van der Waals surface area contributed by atoms with Crippen molar-refractivity contribution in [1.29, 1.82) is 0 Å². The SMILES string of the molecule is CC(C)(C)OC(=O)C1=CCCC1O. The van der Waals surface area contributed by atoms with Crippen LogP contribution >= 0.6 is 0 Å². The molecule has 0 saturated carbocycles. The van der Waals surface area contributed by atoms with Gasteiger partial charge in [-0.3, -0.25) is 0 Å². The molecule has 1 aliphatic rings. The Labute approximate surface area is 78.4 Å². The molecular formula is C10H16O3. The summed E-state index contributed by atoms with van der Waals surface area (Å²) in [6, 6.07) is 0. The lowest BCUT2D eigenvalue weighted by Crippen LogP contribution is -2.27. The molecule has 74 valence electrons. The minimum absolute atomic E-state index is 0.391. The lowest BCUT2D eigenvalue weighted by Gasteiger charge is -2.20. The molecule has 0 bridgehead atoms. The Kier molecular flexibility index (Phi) is 2.76. The van der Waals surface area contributed by atoms with E-state index < -0.39 is 17.7 Å². The molecule has 0 aliphatic heterocycles. The number of carbonyl (C=O) groups is 1. The summed E-state index contributed by atoms with van der Waals surface area (Å²) >= 11 is 0. The number of hydrogen-bond donors (Lipinski definition) is 1. The molecule has 0 radical (unpaired) electrons. The fourth-order valence-corrected chi connectivity index (χ4v) is 1.24. The van der Waals surface area contributed by atoms with Gasteiger partial charge in [0.15, 0.2) is 0 Å². The van der Waals surface area contributed by atoms with Crippen molar-refractivity contribution < 1.29 is 14.6 Å². The average Bonchev–Trinajstić information content (AvgIpc) is 2.30. The third kappa shape index (κ3) is 2.84. The first-order valence-electron chi connectivity index (χ1n) is 4.51. The topological polar surface area (TPSA) is 46.5 Å². The van der Waals surface area contributed by atoms with E-state index in [0.717, 1.165) is 6.42 Å². The van der Waals surface area contributed by atoms with E-state index in [1.807, 2.05) is 20.8 Å². The first-order valence-corrected chi connectivity index (χ1v) is 4.51. The fraction of sp³-hybridized carbons (Fsp3) is 0.700. The first-order chi connectivity index (χ1) is 5.90. The summed E-state index contributed by atoms with van der Waals surface area (Å²) in [6.45, 7) is 5.44. The summed E-state index contributed by atoms with van der Waals surface area (Å²) in [4.78, 5) is 11.4. The van der Waals surface area contributed by atoms with Crippen molar-refractivity contribution in [3.63, 3.8) is 0 Å². The molecule has 1 aliphatic carbocycles. The van der Waals surface area contributed by atoms with E-state index in [-0.39, 0.29) is 0 Å². The zero-order valence-corrected chi connectivity index (χ0v) is 8.33. The predicted molar refractivity (Wildman–Crippen MR) is 49.2 cm³/mol. The quantitative estimate of drug-likeness (QED) is 0.627. The number of rotatable bonds is 1. The summed E-state index contributed by atoms with van der Waals surface area (Å²) in [7, 11) is 0. The Morgan fingerprint density at radius 1 is 1.62 bits per heavy atom. The second kappa shape index (κ2) is 3.50. The van der Waals surface area contributed by atoms with Gasteiger partial charge in [0.05, 0.1) is 11.7 Å². The van der Waals surface area contributed by atoms with Crippen LogP contribution in [0.2, 0.25) is 0 Å². The Hall–Kier alpha value is -0.830. The van der Waals surface area contributed by atoms with Gasteiger partial charge in [0.2, 0.25) is 0 Å². The van der Waals surface area contributed by atoms with Gasteiger partial charge in [-0.1, -0.05) is 6.08 Å². The molecule has 1 N–H and O–H groups in total. The van der Waals surface area contributed by atoms with Crippen LogP contribution in [-0.2, 0) is 9.53 Å². The molecule has 0 heterocycles. The van der Waals surface area contributed by atoms with Crippen LogP contribution in [0.4, 0.5) is 0 Å². The van der Waals surface area contributed by atoms with Crippen LogP contribution in [0, 0.1) is 0 Å². The van der Waals surface area contributed by atoms with Crippen molar-refractivity contribution in [2.45, 2.75) is 45.3 Å². The molecule has 0 aromatic carbocycles. The van der Waals surface area contributed by atoms with Crippen LogP contribution in [0.1, 0.15) is 33.6 Å². The number of carbonyl (C=O) groups excluding carboxylic acids is 1. The van der Waals surface area contributed by atoms with E-state index >= 15 is 0 Å². The van der Waals surface area contributed by atoms with Crippen molar-refractivity contribution in [1.82, 2.24) is 0 Å². The van der Waals surface area contributed by atoms with E-state index in [2.05, 4.69) is 0 Å². The third-order valence-electron chi connectivity index (χ3n) is 1.80. The zero-order chi connectivity index (χ0) is 10.1. The number of esters is 1. The first kappa shape index (κ1) is 10.3. The molecule has 1 rings (SSSR count). The molecule has 13 heavy (non-hydrogen) atoms. The normalized spacial score (nSPS) is 22.8. The van der Waals surface area contributed by atoms with Crippen molar-refractivity contribution in [3.05, 3.63) is 11.6 Å². The monoisotopic (exact) mass is 184 g/mol. The second-order valence-electron chi connectivity index (χ2n) is 4.25. The van der Waals surface area contributed by atoms with Gasteiger partial charge in [-0.15, -0.1) is 0 Å². The van der Waals surface area contributed by atoms with E-state index in [1.165, 1.54) is 0 Å². The van der Waals surface area contributed by atoms with Crippen LogP contribution in [-0.4, -0.2) is 22.8 Å². The fourth-order valence-electron chi connectivity index (χ4n) is 1.24. The summed E-state index contributed by atoms with van der Waals surface area (Å²) in [5, 5.41) is 9.39. The average molecular weight is 184 g/mol. The zero-order valence-electron chi connectivity index (χ0n) is 8.33. The molecule has 3 heteroatoms. The van der Waals surface area contributed by atoms with Gasteiger partial charge in [0.1, 0.15) is 5.60 Å². The molecule has 0 saturated heterocycles. The predicted octanol–water partition coefficient (Wildman–Crippen LogP) is 1.41. The van der Waals surface area contributed by atoms with Crippen LogP contribution in [0.15, 0.2) is 11.6 Å². The molecule has 1 atom stereocenters. The maximum Gasteiger partial charge on any atom is 0.336 e. The summed E-state index contributed by atoms with van der Waals surface area (Å²) in [6.07, 6.45) is 2.51. The van der Waals surface area contributed by atoms with Gasteiger partial charge in [-0.25, -0.2) is 4.79 Å². The van der Waals surface area contributed by atoms with Gasteiger partial charge >= 0.3 is 5.97 Å². The smallest absolute Gasteiger partial charge is 0.336 e. The lowest BCUT2D eigenvalue weighted by molar-refractivity contribution is -0.150. The largest absolute Gasteiger partial charge is 0.457 e. The second-order valence-corrected chi connectivity index (χ2v) is 4.25. The Balaban J connectivity index is 2.58. The van der Waals surface area contributed by atoms with E-state index in [4.69, 9.17) is 4.74 Å². The molecule has 0 spiro atoms. The highest BCUT2D eigenvalue weighted by atomic mass is 16.6. The standard InChI is InChI=1S/C10H16O3/c1-10(2,3)13-9(12)7-5-4-6-8(7)11/h5,8,11H,4,6H2,1-3H3. The van der Waals surface area contributed by atoms with Crippen LogP contribution in [0.3, 0.4) is 0 Å². The van der Waals surface area contributed by atoms with Crippen molar-refractivity contribution in [2.75, 3.05) is 0 Å². The van der Waals surface area contributed by atoms with Gasteiger partial charge < -0.3 is 9.84 Å². The molecular weight excluding hydrogens is 168 g/mol. The van der Waals surface area contributed by atoms with Gasteiger partial charge in [-0.05, 0) is 33.6 Å². The highest BCUT2D eigenvalue weighted by Gasteiger charge is 2.27. The number of allylic oxidation sites excluding steroid dienone is 1. The molecule has 0 amide bonds. The molecule has 0 aromatic rings. The maximum atomic E-state index is 11.4. The number of aliphatic hydroxyl groups is 1. The highest BCUT2D eigenvalue weighted by molar-refractivity contribution is 5.90. The third-order valence-corrected chi connectivity index (χ3v) is 1.80. The minimum Gasteiger partial charge on any atom is -0.457 e. The Bertz CT molecular complexity index is 235. The van der Waals surface area contributed by atoms with Gasteiger partial charge in [-0.2, -0.15) is 0 Å². The van der Waals surface area contributed by atoms with Crippen LogP contribution in [0.5, 0.6) is 0 Å². The summed E-state index contributed by atoms with van der Waals surface area (Å²) in [5.74, 6) is -0.391.